The van der Waals surface area contributed by atoms with Crippen LogP contribution in [0.5, 0.6) is 0 Å². The van der Waals surface area contributed by atoms with Gasteiger partial charge in [-0.1, -0.05) is 12.1 Å². The molecular weight excluding hydrogens is 246 g/mol. The van der Waals surface area contributed by atoms with Crippen LogP contribution in [0.1, 0.15) is 17.4 Å². The standard InChI is InChI=1S/C13H11N3O3/c1-2-18-12(17)10-7-19-13(15-10)16-8-14-9-5-3-4-6-11(9)16/h3-8H,2H2,1H3. The zero-order chi connectivity index (χ0) is 13.2. The number of aromatic nitrogens is 3. The molecule has 3 aromatic rings. The third-order valence-electron chi connectivity index (χ3n) is 2.64. The molecule has 0 radical (unpaired) electrons. The number of nitrogens with zero attached hydrogens (tertiary/aromatic N) is 3. The molecule has 0 unspecified atom stereocenters. The molecule has 2 heterocycles. The van der Waals surface area contributed by atoms with Crippen molar-refractivity contribution in [2.45, 2.75) is 6.92 Å². The minimum atomic E-state index is -0.498. The van der Waals surface area contributed by atoms with Gasteiger partial charge in [0.05, 0.1) is 17.6 Å². The average Bonchev–Trinajstić information content (AvgIpc) is 3.05. The third-order valence-corrected chi connectivity index (χ3v) is 2.64. The van der Waals surface area contributed by atoms with Crippen molar-refractivity contribution in [1.82, 2.24) is 14.5 Å². The monoisotopic (exact) mass is 257 g/mol. The zero-order valence-corrected chi connectivity index (χ0v) is 10.2. The molecule has 0 aliphatic rings. The van der Waals surface area contributed by atoms with Crippen LogP contribution in [-0.4, -0.2) is 27.1 Å². The van der Waals surface area contributed by atoms with Crippen molar-refractivity contribution in [3.05, 3.63) is 42.5 Å². The number of carbonyl (C=O) groups is 1. The summed E-state index contributed by atoms with van der Waals surface area (Å²) < 4.78 is 11.8. The first-order chi connectivity index (χ1) is 9.29. The van der Waals surface area contributed by atoms with Crippen molar-refractivity contribution in [1.29, 1.82) is 0 Å². The van der Waals surface area contributed by atoms with Crippen LogP contribution in [-0.2, 0) is 4.74 Å². The van der Waals surface area contributed by atoms with Gasteiger partial charge in [-0.3, -0.25) is 4.57 Å². The molecule has 0 saturated heterocycles. The Bertz CT molecular complexity index is 729. The predicted octanol–water partition coefficient (Wildman–Crippen LogP) is 2.19. The van der Waals surface area contributed by atoms with Crippen LogP contribution in [0.15, 0.2) is 41.3 Å². The van der Waals surface area contributed by atoms with Crippen molar-refractivity contribution in [2.75, 3.05) is 6.61 Å². The highest BCUT2D eigenvalue weighted by molar-refractivity contribution is 5.87. The Kier molecular flexibility index (Phi) is 2.75. The predicted molar refractivity (Wildman–Crippen MR) is 67.1 cm³/mol. The second-order valence-electron chi connectivity index (χ2n) is 3.84. The number of fused-ring (bicyclic) bond motifs is 1. The minimum absolute atomic E-state index is 0.148. The van der Waals surface area contributed by atoms with Gasteiger partial charge in [0, 0.05) is 0 Å². The molecule has 0 aliphatic heterocycles. The molecule has 0 atom stereocenters. The van der Waals surface area contributed by atoms with Gasteiger partial charge in [-0.05, 0) is 19.1 Å². The van der Waals surface area contributed by atoms with Crippen LogP contribution >= 0.6 is 0 Å². The van der Waals surface area contributed by atoms with E-state index in [4.69, 9.17) is 9.15 Å². The van der Waals surface area contributed by atoms with Crippen LogP contribution < -0.4 is 0 Å². The summed E-state index contributed by atoms with van der Waals surface area (Å²) in [7, 11) is 0. The Morgan fingerprint density at radius 3 is 3.11 bits per heavy atom. The fraction of sp³-hybridized carbons (Fsp3) is 0.154. The summed E-state index contributed by atoms with van der Waals surface area (Å²) >= 11 is 0. The average molecular weight is 257 g/mol. The molecule has 0 amide bonds. The third kappa shape index (κ3) is 1.97. The minimum Gasteiger partial charge on any atom is -0.461 e. The van der Waals surface area contributed by atoms with Gasteiger partial charge >= 0.3 is 12.0 Å². The van der Waals surface area contributed by atoms with Gasteiger partial charge in [-0.25, -0.2) is 9.78 Å². The lowest BCUT2D eigenvalue weighted by molar-refractivity contribution is 0.0519. The first kappa shape index (κ1) is 11.5. The first-order valence-electron chi connectivity index (χ1n) is 5.84. The Balaban J connectivity index is 2.01. The summed E-state index contributed by atoms with van der Waals surface area (Å²) in [6.07, 6.45) is 2.88. The molecule has 6 nitrogen and oxygen atoms in total. The van der Waals surface area contributed by atoms with E-state index in [2.05, 4.69) is 9.97 Å². The topological polar surface area (TPSA) is 70.2 Å². The Hall–Kier alpha value is -2.63. The Morgan fingerprint density at radius 1 is 1.42 bits per heavy atom. The molecule has 0 N–H and O–H groups in total. The van der Waals surface area contributed by atoms with E-state index >= 15 is 0 Å². The SMILES string of the molecule is CCOC(=O)c1coc(-n2cnc3ccccc32)n1. The maximum Gasteiger partial charge on any atom is 0.360 e. The number of para-hydroxylation sites is 2. The molecular formula is C13H11N3O3. The van der Waals surface area contributed by atoms with Crippen molar-refractivity contribution in [3.8, 4) is 6.01 Å². The van der Waals surface area contributed by atoms with E-state index in [-0.39, 0.29) is 11.7 Å². The van der Waals surface area contributed by atoms with Gasteiger partial charge in [0.25, 0.3) is 0 Å². The summed E-state index contributed by atoms with van der Waals surface area (Å²) in [4.78, 5) is 19.9. The summed E-state index contributed by atoms with van der Waals surface area (Å²) in [6.45, 7) is 2.04. The fourth-order valence-corrected chi connectivity index (χ4v) is 1.79. The van der Waals surface area contributed by atoms with Gasteiger partial charge in [-0.2, -0.15) is 4.98 Å². The summed E-state index contributed by atoms with van der Waals surface area (Å²) in [5, 5.41) is 0. The molecule has 0 spiro atoms. The highest BCUT2D eigenvalue weighted by Gasteiger charge is 2.15. The second-order valence-corrected chi connectivity index (χ2v) is 3.84. The number of esters is 1. The summed E-state index contributed by atoms with van der Waals surface area (Å²) in [5.74, 6) is -0.498. The molecule has 3 rings (SSSR count). The van der Waals surface area contributed by atoms with E-state index in [1.807, 2.05) is 24.3 Å². The smallest absolute Gasteiger partial charge is 0.360 e. The Morgan fingerprint density at radius 2 is 2.26 bits per heavy atom. The van der Waals surface area contributed by atoms with Gasteiger partial charge in [-0.15, -0.1) is 0 Å². The lowest BCUT2D eigenvalue weighted by atomic mass is 10.3. The van der Waals surface area contributed by atoms with Crippen molar-refractivity contribution in [2.24, 2.45) is 0 Å². The highest BCUT2D eigenvalue weighted by Crippen LogP contribution is 2.17. The molecule has 6 heteroatoms. The van der Waals surface area contributed by atoms with E-state index in [0.29, 0.717) is 6.61 Å². The molecule has 0 fully saturated rings. The number of carbonyl (C=O) groups excluding carboxylic acids is 1. The van der Waals surface area contributed by atoms with Crippen LogP contribution in [0.25, 0.3) is 17.0 Å². The van der Waals surface area contributed by atoms with Crippen LogP contribution in [0.4, 0.5) is 0 Å². The van der Waals surface area contributed by atoms with Gasteiger partial charge in [0.1, 0.15) is 12.6 Å². The molecule has 1 aromatic carbocycles. The number of hydrogen-bond acceptors (Lipinski definition) is 5. The molecule has 2 aromatic heterocycles. The van der Waals surface area contributed by atoms with E-state index in [1.54, 1.807) is 17.8 Å². The number of benzene rings is 1. The quantitative estimate of drug-likeness (QED) is 0.672. The highest BCUT2D eigenvalue weighted by atomic mass is 16.5. The van der Waals surface area contributed by atoms with Crippen LogP contribution in [0.3, 0.4) is 0 Å². The van der Waals surface area contributed by atoms with Crippen LogP contribution in [0.2, 0.25) is 0 Å². The van der Waals surface area contributed by atoms with E-state index in [9.17, 15) is 4.79 Å². The summed E-state index contributed by atoms with van der Waals surface area (Å²) in [6, 6.07) is 7.88. The van der Waals surface area contributed by atoms with Gasteiger partial charge in [0.2, 0.25) is 0 Å². The van der Waals surface area contributed by atoms with Gasteiger partial charge in [0.15, 0.2) is 5.69 Å². The summed E-state index contributed by atoms with van der Waals surface area (Å²) in [5.41, 5.74) is 1.84. The maximum absolute atomic E-state index is 11.5. The number of oxazole rings is 1. The fourth-order valence-electron chi connectivity index (χ4n) is 1.79. The van der Waals surface area contributed by atoms with Crippen LogP contribution in [0, 0.1) is 0 Å². The molecule has 19 heavy (non-hydrogen) atoms. The second kappa shape index (κ2) is 4.56. The van der Waals surface area contributed by atoms with Crippen molar-refractivity contribution >= 4 is 17.0 Å². The zero-order valence-electron chi connectivity index (χ0n) is 10.2. The molecule has 0 bridgehead atoms. The number of imidazole rings is 1. The lowest BCUT2D eigenvalue weighted by Gasteiger charge is -1.97. The van der Waals surface area contributed by atoms with E-state index in [0.717, 1.165) is 11.0 Å². The van der Waals surface area contributed by atoms with E-state index < -0.39 is 5.97 Å². The number of rotatable bonds is 3. The largest absolute Gasteiger partial charge is 0.461 e. The number of hydrogen-bond donors (Lipinski definition) is 0. The lowest BCUT2D eigenvalue weighted by Crippen LogP contribution is -2.05. The first-order valence-corrected chi connectivity index (χ1v) is 5.84. The number of ether oxygens (including phenoxy) is 1. The molecule has 96 valence electrons. The normalized spacial score (nSPS) is 10.8. The van der Waals surface area contributed by atoms with E-state index in [1.165, 1.54) is 6.26 Å². The Labute approximate surface area is 108 Å². The molecule has 0 aliphatic carbocycles. The van der Waals surface area contributed by atoms with Crippen molar-refractivity contribution < 1.29 is 13.9 Å². The molecule has 0 saturated carbocycles. The van der Waals surface area contributed by atoms with Gasteiger partial charge < -0.3 is 9.15 Å². The maximum atomic E-state index is 11.5. The van der Waals surface area contributed by atoms with Crippen molar-refractivity contribution in [3.63, 3.8) is 0 Å².